The van der Waals surface area contributed by atoms with E-state index >= 15 is 0 Å². The summed E-state index contributed by atoms with van der Waals surface area (Å²) in [6, 6.07) is 10.2. The Morgan fingerprint density at radius 1 is 1.28 bits per heavy atom. The summed E-state index contributed by atoms with van der Waals surface area (Å²) in [7, 11) is 1.65. The van der Waals surface area contributed by atoms with Gasteiger partial charge in [-0.3, -0.25) is 9.69 Å². The molecular weight excluding hydrogens is 524 g/mol. The predicted octanol–water partition coefficient (Wildman–Crippen LogP) is 5.33. The van der Waals surface area contributed by atoms with Crippen molar-refractivity contribution in [1.29, 1.82) is 0 Å². The zero-order valence-electron chi connectivity index (χ0n) is 15.5. The van der Waals surface area contributed by atoms with E-state index in [4.69, 9.17) is 4.74 Å². The Labute approximate surface area is 188 Å². The number of carbonyl (C=O) groups is 2. The molecule has 0 unspecified atom stereocenters. The van der Waals surface area contributed by atoms with Crippen LogP contribution in [0.4, 0.5) is 5.69 Å². The van der Waals surface area contributed by atoms with Crippen molar-refractivity contribution in [3.8, 4) is 5.75 Å². The fourth-order valence-corrected chi connectivity index (χ4v) is 4.71. The highest BCUT2D eigenvalue weighted by Crippen LogP contribution is 2.37. The van der Waals surface area contributed by atoms with E-state index in [0.29, 0.717) is 36.9 Å². The minimum Gasteiger partial charge on any atom is -0.506 e. The van der Waals surface area contributed by atoms with Crippen LogP contribution in [0.15, 0.2) is 55.2 Å². The average molecular weight is 540 g/mol. The first-order valence-electron chi connectivity index (χ1n) is 8.51. The van der Waals surface area contributed by atoms with Gasteiger partial charge in [-0.25, -0.2) is 9.79 Å². The number of rotatable bonds is 4. The van der Waals surface area contributed by atoms with Gasteiger partial charge < -0.3 is 9.84 Å². The maximum absolute atomic E-state index is 12.6. The summed E-state index contributed by atoms with van der Waals surface area (Å²) in [5.74, 6) is -0.504. The number of hydrogen-bond donors (Lipinski definition) is 1. The normalized spacial score (nSPS) is 16.7. The van der Waals surface area contributed by atoms with Crippen molar-refractivity contribution in [2.45, 2.75) is 6.92 Å². The standard InChI is InChI=1S/C20H16Br2N2O4S/c1-3-28-19(27)12-5-4-6-13(10-12)23-20-24(2)18(26)16(29-20)9-11-7-14(21)17(25)15(22)8-11/h4-10,25H,3H2,1-2H3. The maximum atomic E-state index is 12.6. The number of ether oxygens (including phenoxy) is 1. The van der Waals surface area contributed by atoms with Crippen LogP contribution in [0, 0.1) is 0 Å². The van der Waals surface area contributed by atoms with Gasteiger partial charge in [0.1, 0.15) is 5.75 Å². The largest absolute Gasteiger partial charge is 0.506 e. The van der Waals surface area contributed by atoms with E-state index in [9.17, 15) is 14.7 Å². The lowest BCUT2D eigenvalue weighted by Gasteiger charge is -2.08. The second-order valence-electron chi connectivity index (χ2n) is 5.97. The Bertz CT molecular complexity index is 1030. The zero-order valence-corrected chi connectivity index (χ0v) is 19.5. The molecule has 1 amide bonds. The van der Waals surface area contributed by atoms with Crippen LogP contribution >= 0.6 is 43.6 Å². The van der Waals surface area contributed by atoms with Gasteiger partial charge in [-0.05, 0) is 92.5 Å². The van der Waals surface area contributed by atoms with Gasteiger partial charge in [0.2, 0.25) is 0 Å². The molecule has 1 fully saturated rings. The number of carbonyl (C=O) groups excluding carboxylic acids is 2. The molecule has 1 N–H and O–H groups in total. The topological polar surface area (TPSA) is 79.2 Å². The molecule has 0 bridgehead atoms. The Balaban J connectivity index is 1.89. The number of nitrogens with zero attached hydrogens (tertiary/aromatic N) is 2. The van der Waals surface area contributed by atoms with E-state index in [2.05, 4.69) is 36.9 Å². The van der Waals surface area contributed by atoms with Crippen molar-refractivity contribution in [2.75, 3.05) is 13.7 Å². The fourth-order valence-electron chi connectivity index (χ4n) is 2.50. The lowest BCUT2D eigenvalue weighted by atomic mass is 10.2. The molecule has 0 saturated carbocycles. The van der Waals surface area contributed by atoms with Gasteiger partial charge in [0.25, 0.3) is 5.91 Å². The molecule has 0 spiro atoms. The molecule has 1 saturated heterocycles. The van der Waals surface area contributed by atoms with Crippen molar-refractivity contribution in [2.24, 2.45) is 4.99 Å². The summed E-state index contributed by atoms with van der Waals surface area (Å²) in [4.78, 5) is 31.0. The number of phenolic OH excluding ortho intramolecular Hbond substituents is 1. The van der Waals surface area contributed by atoms with Crippen LogP contribution in [0.2, 0.25) is 0 Å². The lowest BCUT2D eigenvalue weighted by molar-refractivity contribution is -0.121. The molecule has 9 heteroatoms. The van der Waals surface area contributed by atoms with Gasteiger partial charge in [-0.2, -0.15) is 0 Å². The number of hydrogen-bond acceptors (Lipinski definition) is 6. The van der Waals surface area contributed by atoms with Crippen LogP contribution in [0.25, 0.3) is 6.08 Å². The van der Waals surface area contributed by atoms with Crippen LogP contribution in [0.5, 0.6) is 5.75 Å². The predicted molar refractivity (Wildman–Crippen MR) is 121 cm³/mol. The lowest BCUT2D eigenvalue weighted by Crippen LogP contribution is -2.23. The van der Waals surface area contributed by atoms with Crippen molar-refractivity contribution < 1.29 is 19.4 Å². The van der Waals surface area contributed by atoms with Gasteiger partial charge in [0.05, 0.1) is 31.7 Å². The molecule has 1 aliphatic rings. The molecule has 3 rings (SSSR count). The summed E-state index contributed by atoms with van der Waals surface area (Å²) in [5, 5.41) is 10.3. The Morgan fingerprint density at radius 2 is 1.97 bits per heavy atom. The third kappa shape index (κ3) is 4.91. The number of esters is 1. The van der Waals surface area contributed by atoms with E-state index in [1.165, 1.54) is 16.7 Å². The highest BCUT2D eigenvalue weighted by molar-refractivity contribution is 9.11. The third-order valence-corrected chi connectivity index (χ3v) is 6.19. The number of halogens is 2. The third-order valence-electron chi connectivity index (χ3n) is 3.92. The molecule has 150 valence electrons. The second kappa shape index (κ2) is 9.15. The van der Waals surface area contributed by atoms with Crippen LogP contribution in [0.3, 0.4) is 0 Å². The molecule has 1 aliphatic heterocycles. The summed E-state index contributed by atoms with van der Waals surface area (Å²) in [5.41, 5.74) is 1.70. The minimum atomic E-state index is -0.415. The summed E-state index contributed by atoms with van der Waals surface area (Å²) < 4.78 is 6.05. The molecule has 0 atom stereocenters. The number of thioether (sulfide) groups is 1. The number of phenols is 1. The first-order chi connectivity index (χ1) is 13.8. The van der Waals surface area contributed by atoms with Crippen LogP contribution in [-0.2, 0) is 9.53 Å². The van der Waals surface area contributed by atoms with Gasteiger partial charge in [-0.15, -0.1) is 0 Å². The monoisotopic (exact) mass is 538 g/mol. The molecule has 2 aromatic rings. The molecule has 0 aromatic heterocycles. The quantitative estimate of drug-likeness (QED) is 0.419. The van der Waals surface area contributed by atoms with Crippen LogP contribution in [-0.4, -0.2) is 40.7 Å². The number of likely N-dealkylation sites (N-methyl/N-ethyl adjacent to an activating group) is 1. The summed E-state index contributed by atoms with van der Waals surface area (Å²) in [6.45, 7) is 2.04. The molecule has 1 heterocycles. The summed E-state index contributed by atoms with van der Waals surface area (Å²) in [6.07, 6.45) is 1.73. The van der Waals surface area contributed by atoms with E-state index in [1.54, 1.807) is 56.4 Å². The molecular formula is C20H16Br2N2O4S. The van der Waals surface area contributed by atoms with Gasteiger partial charge >= 0.3 is 5.97 Å². The smallest absolute Gasteiger partial charge is 0.338 e. The van der Waals surface area contributed by atoms with E-state index < -0.39 is 5.97 Å². The SMILES string of the molecule is CCOC(=O)c1cccc(N=C2SC(=Cc3cc(Br)c(O)c(Br)c3)C(=O)N2C)c1. The first kappa shape index (κ1) is 21.6. The fraction of sp³-hybridized carbons (Fsp3) is 0.150. The average Bonchev–Trinajstić information content (AvgIpc) is 2.94. The van der Waals surface area contributed by atoms with E-state index in [0.717, 1.165) is 5.56 Å². The van der Waals surface area contributed by atoms with Gasteiger partial charge in [0, 0.05) is 7.05 Å². The second-order valence-corrected chi connectivity index (χ2v) is 8.69. The number of aliphatic imine (C=N–C) groups is 1. The summed E-state index contributed by atoms with van der Waals surface area (Å²) >= 11 is 7.81. The Morgan fingerprint density at radius 3 is 2.62 bits per heavy atom. The maximum Gasteiger partial charge on any atom is 0.338 e. The van der Waals surface area contributed by atoms with Gasteiger partial charge in [0.15, 0.2) is 5.17 Å². The Kier molecular flexibility index (Phi) is 6.81. The van der Waals surface area contributed by atoms with Gasteiger partial charge in [-0.1, -0.05) is 6.07 Å². The number of aromatic hydroxyl groups is 1. The molecule has 0 radical (unpaired) electrons. The number of benzene rings is 2. The van der Waals surface area contributed by atoms with E-state index in [1.807, 2.05) is 0 Å². The molecule has 0 aliphatic carbocycles. The van der Waals surface area contributed by atoms with Crippen LogP contribution < -0.4 is 0 Å². The van der Waals surface area contributed by atoms with Crippen molar-refractivity contribution >= 4 is 72.4 Å². The molecule has 2 aromatic carbocycles. The first-order valence-corrected chi connectivity index (χ1v) is 10.9. The number of amides is 1. The molecule has 6 nitrogen and oxygen atoms in total. The number of amidine groups is 1. The zero-order chi connectivity index (χ0) is 21.1. The van der Waals surface area contributed by atoms with Crippen LogP contribution in [0.1, 0.15) is 22.8 Å². The van der Waals surface area contributed by atoms with Crippen molar-refractivity contribution in [1.82, 2.24) is 4.90 Å². The molecule has 29 heavy (non-hydrogen) atoms. The Hall–Kier alpha value is -2.10. The highest BCUT2D eigenvalue weighted by atomic mass is 79.9. The van der Waals surface area contributed by atoms with E-state index in [-0.39, 0.29) is 11.7 Å². The highest BCUT2D eigenvalue weighted by Gasteiger charge is 2.30. The van der Waals surface area contributed by atoms with Crippen molar-refractivity contribution in [3.63, 3.8) is 0 Å². The van der Waals surface area contributed by atoms with Crippen molar-refractivity contribution in [3.05, 3.63) is 61.4 Å². The minimum absolute atomic E-state index is 0.0957.